The number of halogens is 3. The fourth-order valence-electron chi connectivity index (χ4n) is 13.2. The Labute approximate surface area is 605 Å². The summed E-state index contributed by atoms with van der Waals surface area (Å²) in [5, 5.41) is 36.1. The number of amides is 3. The number of nitrogens with zero attached hydrogens (tertiary/aromatic N) is 5. The summed E-state index contributed by atoms with van der Waals surface area (Å²) < 4.78 is 80.2. The summed E-state index contributed by atoms with van der Waals surface area (Å²) in [6, 6.07) is 40.0. The summed E-state index contributed by atoms with van der Waals surface area (Å²) >= 11 is 0. The Kier molecular flexibility index (Phi) is 21.8. The van der Waals surface area contributed by atoms with Gasteiger partial charge in [0.2, 0.25) is 0 Å². The highest BCUT2D eigenvalue weighted by molar-refractivity contribution is 6.11. The zero-order chi connectivity index (χ0) is 74.4. The molecule has 0 spiro atoms. The van der Waals surface area contributed by atoms with Gasteiger partial charge in [-0.25, -0.2) is 13.2 Å². The van der Waals surface area contributed by atoms with Crippen molar-refractivity contribution in [2.45, 2.75) is 104 Å². The summed E-state index contributed by atoms with van der Waals surface area (Å²) in [4.78, 5) is 56.5. The summed E-state index contributed by atoms with van der Waals surface area (Å²) in [5.41, 5.74) is 10.2. The second kappa shape index (κ2) is 31.2. The Morgan fingerprint density at radius 2 is 0.771 bits per heavy atom. The number of hydrogen-bond donors (Lipinski definition) is 4. The number of aliphatic hydroxyl groups is 2. The van der Waals surface area contributed by atoms with Crippen molar-refractivity contribution in [3.8, 4) is 46.0 Å². The predicted octanol–water partition coefficient (Wildman–Crippen LogP) is 14.3. The zero-order valence-corrected chi connectivity index (χ0v) is 59.8. The molecule has 3 aliphatic heterocycles. The molecule has 19 nitrogen and oxygen atoms in total. The van der Waals surface area contributed by atoms with Gasteiger partial charge in [-0.1, -0.05) is 60.7 Å². The number of phenols is 1. The van der Waals surface area contributed by atoms with Crippen LogP contribution in [0.15, 0.2) is 158 Å². The minimum atomic E-state index is -0.908. The van der Waals surface area contributed by atoms with Crippen molar-refractivity contribution in [2.24, 2.45) is 0 Å². The molecule has 0 aliphatic carbocycles. The number of hydrogen-bond acceptors (Lipinski definition) is 16. The lowest BCUT2D eigenvalue weighted by atomic mass is 9.99. The number of phenolic OH excluding ortho intramolecular Hbond substituents is 1. The molecule has 22 heteroatoms. The normalized spacial score (nSPS) is 13.0. The third kappa shape index (κ3) is 16.5. The second-order valence-corrected chi connectivity index (χ2v) is 27.3. The summed E-state index contributed by atoms with van der Waals surface area (Å²) in [5.74, 6) is 2.35. The van der Waals surface area contributed by atoms with Crippen LogP contribution in [0.4, 0.5) is 13.2 Å². The van der Waals surface area contributed by atoms with E-state index in [0.29, 0.717) is 132 Å². The number of rotatable bonds is 23. The fraction of sp³-hybridized carbons (Fsp3) is 0.277. The number of aromatic hydroxyl groups is 1. The Morgan fingerprint density at radius 1 is 0.429 bits per heavy atom. The van der Waals surface area contributed by atoms with E-state index < -0.39 is 11.2 Å². The van der Waals surface area contributed by atoms with E-state index in [4.69, 9.17) is 38.1 Å². The molecular weight excluding hydrogens is 1350 g/mol. The molecule has 11 aromatic rings. The van der Waals surface area contributed by atoms with E-state index in [0.717, 1.165) is 77.9 Å². The zero-order valence-electron chi connectivity index (χ0n) is 59.8. The van der Waals surface area contributed by atoms with Crippen LogP contribution in [0.3, 0.4) is 0 Å². The van der Waals surface area contributed by atoms with E-state index in [2.05, 4.69) is 15.3 Å². The van der Waals surface area contributed by atoms with Crippen LogP contribution in [-0.2, 0) is 52.1 Å². The standard InChI is InChI=1S/C32H33FN2O5.C27H23FN2O4.C24H25FN2O4/c1-32(2,37)13-14-35-18-26-27(31(35)36)30(40-19-21-7-11-24(38-3)12-8-21)28-25(29(26)39-4)16-22(17-34-28)15-20-5-9-23(33)10-6-20;1-32-20-9-5-17(6-10-20)15-34-26-23-22(14-30-27(23)31)25(33-2)21-12-18(13-29-24(21)26)11-16-3-7-19(28)8-4-16;1-24(2,30)8-9-27-13-18-19(23(27)29)21(28)20-17(22(18)31-3)11-15(12-26-20)10-14-4-6-16(25)7-5-14/h5-12,16-17,37H,13-15,18-19H2,1-4H3;3-10,12-13H,11,14-15H2,1-2H3,(H,30,31);4-7,11-12,28,30H,8-10,13H2,1-3H3. The van der Waals surface area contributed by atoms with Gasteiger partial charge in [0.15, 0.2) is 17.2 Å². The van der Waals surface area contributed by atoms with Crippen LogP contribution in [-0.4, -0.2) is 118 Å². The van der Waals surface area contributed by atoms with E-state index in [9.17, 15) is 42.9 Å². The van der Waals surface area contributed by atoms with Crippen LogP contribution in [0.2, 0.25) is 0 Å². The molecule has 8 aromatic carbocycles. The lowest BCUT2D eigenvalue weighted by Gasteiger charge is -2.22. The SMILES string of the molecule is COc1c2c(c(O)c3ncc(Cc4ccc(F)cc4)cc13)C(=O)N(CCC(C)(C)O)C2.COc1ccc(COc2c3c(c(OC)c4cc(Cc5ccc(F)cc5)cnc24)CN(CCC(C)(C)O)C3=O)cc1.COc1ccc(COc2c3c(c(OC)c4cc(Cc5ccc(F)cc5)cnc24)CNC3=O)cc1. The molecule has 4 N–H and O–H groups in total. The number of aromatic nitrogens is 3. The number of benzene rings is 8. The average Bonchev–Trinajstić information content (AvgIpc) is 1.66. The van der Waals surface area contributed by atoms with Gasteiger partial charge >= 0.3 is 0 Å². The summed E-state index contributed by atoms with van der Waals surface area (Å²) in [7, 11) is 7.94. The largest absolute Gasteiger partial charge is 0.505 e. The molecule has 0 fully saturated rings. The van der Waals surface area contributed by atoms with Gasteiger partial charge in [-0.3, -0.25) is 29.3 Å². The van der Waals surface area contributed by atoms with Gasteiger partial charge in [0, 0.05) is 71.1 Å². The number of ether oxygens (including phenoxy) is 7. The van der Waals surface area contributed by atoms with E-state index in [1.165, 1.54) is 43.5 Å². The second-order valence-electron chi connectivity index (χ2n) is 27.3. The molecule has 105 heavy (non-hydrogen) atoms. The molecule has 0 saturated carbocycles. The maximum atomic E-state index is 13.7. The van der Waals surface area contributed by atoms with Gasteiger partial charge in [-0.15, -0.1) is 0 Å². The maximum absolute atomic E-state index is 13.7. The van der Waals surface area contributed by atoms with E-state index in [-0.39, 0.29) is 59.7 Å². The first-order valence-electron chi connectivity index (χ1n) is 34.2. The number of pyridine rings is 3. The van der Waals surface area contributed by atoms with Crippen LogP contribution in [0.1, 0.15) is 133 Å². The number of fused-ring (bicyclic) bond motifs is 6. The van der Waals surface area contributed by atoms with Gasteiger partial charge in [0.25, 0.3) is 17.7 Å². The molecule has 14 rings (SSSR count). The summed E-state index contributed by atoms with van der Waals surface area (Å²) in [6.07, 6.45) is 7.67. The van der Waals surface area contributed by atoms with Gasteiger partial charge in [-0.2, -0.15) is 0 Å². The molecule has 0 bridgehead atoms. The van der Waals surface area contributed by atoms with Gasteiger partial charge < -0.3 is 63.6 Å². The molecular formula is C83H81F3N6O13. The van der Waals surface area contributed by atoms with Gasteiger partial charge in [0.1, 0.15) is 76.0 Å². The topological polar surface area (TPSA) is 234 Å². The Bertz CT molecular complexity index is 5050. The van der Waals surface area contributed by atoms with Crippen molar-refractivity contribution in [2.75, 3.05) is 48.6 Å². The minimum Gasteiger partial charge on any atom is -0.505 e. The quantitative estimate of drug-likeness (QED) is 0.0466. The fourth-order valence-corrected chi connectivity index (χ4v) is 13.2. The van der Waals surface area contributed by atoms with Crippen LogP contribution < -0.4 is 38.5 Å². The number of carbonyl (C=O) groups is 3. The Hall–Kier alpha value is -11.5. The van der Waals surface area contributed by atoms with Crippen molar-refractivity contribution in [3.05, 3.63) is 253 Å². The Morgan fingerprint density at radius 3 is 1.15 bits per heavy atom. The smallest absolute Gasteiger partial charge is 0.258 e. The first-order valence-corrected chi connectivity index (χ1v) is 34.2. The van der Waals surface area contributed by atoms with Crippen LogP contribution in [0, 0.1) is 17.5 Å². The van der Waals surface area contributed by atoms with E-state index in [1.807, 2.05) is 66.7 Å². The highest BCUT2D eigenvalue weighted by Crippen LogP contribution is 2.48. The van der Waals surface area contributed by atoms with Gasteiger partial charge in [-0.05, 0) is 183 Å². The lowest BCUT2D eigenvalue weighted by molar-refractivity contribution is 0.0503. The van der Waals surface area contributed by atoms with E-state index >= 15 is 0 Å². The highest BCUT2D eigenvalue weighted by Gasteiger charge is 2.39. The molecule has 0 radical (unpaired) electrons. The molecule has 0 unspecified atom stereocenters. The number of nitrogens with one attached hydrogen (secondary N) is 1. The lowest BCUT2D eigenvalue weighted by Crippen LogP contribution is -2.31. The molecule has 0 atom stereocenters. The molecule has 6 heterocycles. The first-order chi connectivity index (χ1) is 50.4. The van der Waals surface area contributed by atoms with Crippen LogP contribution >= 0.6 is 0 Å². The van der Waals surface area contributed by atoms with Gasteiger partial charge in [0.05, 0.1) is 76.5 Å². The Balaban J connectivity index is 0.000000149. The molecule has 3 amide bonds. The predicted molar refractivity (Wildman–Crippen MR) is 391 cm³/mol. The van der Waals surface area contributed by atoms with Crippen molar-refractivity contribution >= 4 is 50.4 Å². The van der Waals surface area contributed by atoms with Crippen molar-refractivity contribution in [1.82, 2.24) is 30.1 Å². The van der Waals surface area contributed by atoms with Crippen molar-refractivity contribution in [1.29, 1.82) is 0 Å². The van der Waals surface area contributed by atoms with E-state index in [1.54, 1.807) is 121 Å². The first kappa shape index (κ1) is 73.3. The molecule has 542 valence electrons. The van der Waals surface area contributed by atoms with Crippen molar-refractivity contribution < 1.29 is 76.0 Å². The monoisotopic (exact) mass is 1430 g/mol. The molecule has 3 aliphatic rings. The maximum Gasteiger partial charge on any atom is 0.258 e. The number of carbonyl (C=O) groups excluding carboxylic acids is 3. The average molecular weight is 1430 g/mol. The molecule has 3 aromatic heterocycles. The third-order valence-electron chi connectivity index (χ3n) is 18.6. The molecule has 0 saturated heterocycles. The van der Waals surface area contributed by atoms with Crippen LogP contribution in [0.5, 0.6) is 46.0 Å². The van der Waals surface area contributed by atoms with Crippen molar-refractivity contribution in [3.63, 3.8) is 0 Å². The minimum absolute atomic E-state index is 0.158. The number of methoxy groups -OCH3 is 5. The third-order valence-corrected chi connectivity index (χ3v) is 18.6. The van der Waals surface area contributed by atoms with Crippen LogP contribution in [0.25, 0.3) is 32.7 Å². The summed E-state index contributed by atoms with van der Waals surface area (Å²) in [6.45, 7) is 9.07. The highest BCUT2D eigenvalue weighted by atomic mass is 19.1.